The van der Waals surface area contributed by atoms with Crippen LogP contribution in [-0.2, 0) is 42.9 Å². The minimum atomic E-state index is -1.30. The molecule has 9 nitrogen and oxygen atoms in total. The highest BCUT2D eigenvalue weighted by atomic mass is 16.7. The van der Waals surface area contributed by atoms with Gasteiger partial charge in [-0.15, -0.1) is 0 Å². The van der Waals surface area contributed by atoms with Crippen molar-refractivity contribution in [3.63, 3.8) is 0 Å². The normalized spacial score (nSPS) is 29.1. The predicted octanol–water partition coefficient (Wildman–Crippen LogP) is 0.727. The lowest BCUT2D eigenvalue weighted by molar-refractivity contribution is -0.235. The molecule has 1 heterocycles. The second-order valence-corrected chi connectivity index (χ2v) is 5.90. The van der Waals surface area contributed by atoms with Gasteiger partial charge in [-0.25, -0.2) is 0 Å². The van der Waals surface area contributed by atoms with Gasteiger partial charge in [-0.2, -0.15) is 0 Å². The first-order valence-corrected chi connectivity index (χ1v) is 7.90. The minimum Gasteiger partial charge on any atom is -0.463 e. The molecule has 0 amide bonds. The van der Waals surface area contributed by atoms with Crippen LogP contribution in [0.5, 0.6) is 0 Å². The Morgan fingerprint density at radius 3 is 1.84 bits per heavy atom. The third kappa shape index (κ3) is 7.08. The molecule has 0 aromatic rings. The van der Waals surface area contributed by atoms with Crippen molar-refractivity contribution >= 4 is 23.9 Å². The highest BCUT2D eigenvalue weighted by Gasteiger charge is 2.45. The molecule has 142 valence electrons. The summed E-state index contributed by atoms with van der Waals surface area (Å²) in [6, 6.07) is 0. The largest absolute Gasteiger partial charge is 0.463 e. The molecule has 0 bridgehead atoms. The first kappa shape index (κ1) is 20.9. The summed E-state index contributed by atoms with van der Waals surface area (Å²) in [5.41, 5.74) is 0. The number of carbonyl (C=O) groups excluding carboxylic acids is 4. The first-order valence-electron chi connectivity index (χ1n) is 7.90. The lowest BCUT2D eigenvalue weighted by atomic mass is 9.94. The lowest BCUT2D eigenvalue weighted by Gasteiger charge is -2.31. The number of hydrogen-bond donors (Lipinski definition) is 0. The van der Waals surface area contributed by atoms with Crippen LogP contribution in [0.3, 0.4) is 0 Å². The van der Waals surface area contributed by atoms with E-state index in [1.807, 2.05) is 0 Å². The summed E-state index contributed by atoms with van der Waals surface area (Å²) in [6.07, 6.45) is -3.60. The number of carbonyl (C=O) groups is 4. The summed E-state index contributed by atoms with van der Waals surface area (Å²) < 4.78 is 26.2. The fourth-order valence-electron chi connectivity index (χ4n) is 2.62. The van der Waals surface area contributed by atoms with Crippen LogP contribution in [0, 0.1) is 5.92 Å². The summed E-state index contributed by atoms with van der Waals surface area (Å²) in [5.74, 6) is -2.68. The van der Waals surface area contributed by atoms with Gasteiger partial charge in [-0.05, 0) is 12.3 Å². The fraction of sp³-hybridized carbons (Fsp3) is 0.750. The van der Waals surface area contributed by atoms with Crippen LogP contribution in [0.25, 0.3) is 0 Å². The van der Waals surface area contributed by atoms with E-state index in [-0.39, 0.29) is 12.5 Å². The molecule has 9 heteroatoms. The zero-order valence-electron chi connectivity index (χ0n) is 15.0. The summed E-state index contributed by atoms with van der Waals surface area (Å²) >= 11 is 0. The SMILES string of the molecule is CC(=O)OC[C@@H]1C[C@H](C)[C@@H](OC(C)=O)[C@@H](OC(C)=O)C(OC(C)=O)O1. The van der Waals surface area contributed by atoms with Crippen LogP contribution in [0.15, 0.2) is 0 Å². The smallest absolute Gasteiger partial charge is 0.305 e. The Bertz CT molecular complexity index is 516. The van der Waals surface area contributed by atoms with Gasteiger partial charge >= 0.3 is 23.9 Å². The van der Waals surface area contributed by atoms with E-state index in [0.717, 1.165) is 0 Å². The van der Waals surface area contributed by atoms with E-state index in [9.17, 15) is 19.2 Å². The standard InChI is InChI=1S/C16H24O9/c1-8-6-13(7-21-9(2)17)25-16(24-12(5)20)15(23-11(4)19)14(8)22-10(3)18/h8,13-16H,6-7H2,1-5H3/t8-,13-,14+,15+,16?/m0/s1. The Morgan fingerprint density at radius 2 is 1.36 bits per heavy atom. The molecule has 0 spiro atoms. The van der Waals surface area contributed by atoms with Gasteiger partial charge < -0.3 is 23.7 Å². The van der Waals surface area contributed by atoms with Crippen molar-refractivity contribution in [2.75, 3.05) is 6.61 Å². The summed E-state index contributed by atoms with van der Waals surface area (Å²) in [4.78, 5) is 45.3. The van der Waals surface area contributed by atoms with E-state index in [1.165, 1.54) is 27.7 Å². The number of esters is 4. The highest BCUT2D eigenvalue weighted by molar-refractivity contribution is 5.68. The molecule has 0 radical (unpaired) electrons. The fourth-order valence-corrected chi connectivity index (χ4v) is 2.62. The Morgan fingerprint density at radius 1 is 0.840 bits per heavy atom. The van der Waals surface area contributed by atoms with Crippen molar-refractivity contribution in [2.24, 2.45) is 5.92 Å². The molecule has 5 atom stereocenters. The van der Waals surface area contributed by atoms with Crippen molar-refractivity contribution in [1.29, 1.82) is 0 Å². The van der Waals surface area contributed by atoms with Gasteiger partial charge in [0.25, 0.3) is 0 Å². The van der Waals surface area contributed by atoms with E-state index < -0.39 is 48.5 Å². The zero-order valence-corrected chi connectivity index (χ0v) is 15.0. The molecule has 1 aliphatic rings. The minimum absolute atomic E-state index is 0.0724. The van der Waals surface area contributed by atoms with E-state index in [0.29, 0.717) is 6.42 Å². The van der Waals surface area contributed by atoms with Crippen LogP contribution in [-0.4, -0.2) is 55.1 Å². The molecule has 1 aliphatic heterocycles. The monoisotopic (exact) mass is 360 g/mol. The van der Waals surface area contributed by atoms with E-state index in [4.69, 9.17) is 23.7 Å². The van der Waals surface area contributed by atoms with Crippen LogP contribution in [0.2, 0.25) is 0 Å². The van der Waals surface area contributed by atoms with Crippen molar-refractivity contribution in [3.8, 4) is 0 Å². The van der Waals surface area contributed by atoms with Crippen LogP contribution in [0.1, 0.15) is 41.0 Å². The van der Waals surface area contributed by atoms with E-state index in [2.05, 4.69) is 0 Å². The third-order valence-electron chi connectivity index (χ3n) is 3.47. The maximum Gasteiger partial charge on any atom is 0.305 e. The van der Waals surface area contributed by atoms with Crippen molar-refractivity contribution < 1.29 is 42.9 Å². The van der Waals surface area contributed by atoms with Gasteiger partial charge in [-0.3, -0.25) is 19.2 Å². The third-order valence-corrected chi connectivity index (χ3v) is 3.47. The maximum atomic E-state index is 11.5. The molecular weight excluding hydrogens is 336 g/mol. The molecule has 25 heavy (non-hydrogen) atoms. The van der Waals surface area contributed by atoms with Crippen molar-refractivity contribution in [3.05, 3.63) is 0 Å². The maximum absolute atomic E-state index is 11.5. The molecule has 1 saturated heterocycles. The summed E-state index contributed by atoms with van der Waals surface area (Å²) in [6.45, 7) is 6.53. The highest BCUT2D eigenvalue weighted by Crippen LogP contribution is 2.30. The number of ether oxygens (including phenoxy) is 5. The first-order chi connectivity index (χ1) is 11.6. The van der Waals surface area contributed by atoms with Gasteiger partial charge in [0.2, 0.25) is 12.4 Å². The van der Waals surface area contributed by atoms with Gasteiger partial charge in [0.05, 0.1) is 6.10 Å². The van der Waals surface area contributed by atoms with Crippen molar-refractivity contribution in [2.45, 2.75) is 65.6 Å². The Kier molecular flexibility index (Phi) is 7.82. The topological polar surface area (TPSA) is 114 Å². The van der Waals surface area contributed by atoms with Gasteiger partial charge in [0, 0.05) is 27.7 Å². The quantitative estimate of drug-likeness (QED) is 0.517. The zero-order chi connectivity index (χ0) is 19.1. The summed E-state index contributed by atoms with van der Waals surface area (Å²) in [7, 11) is 0. The molecule has 0 N–H and O–H groups in total. The lowest BCUT2D eigenvalue weighted by Crippen LogP contribution is -2.47. The second kappa shape index (κ2) is 9.36. The molecule has 0 saturated carbocycles. The molecule has 0 aromatic carbocycles. The molecular formula is C16H24O9. The van der Waals surface area contributed by atoms with E-state index >= 15 is 0 Å². The van der Waals surface area contributed by atoms with Crippen LogP contribution >= 0.6 is 0 Å². The Balaban J connectivity index is 3.12. The van der Waals surface area contributed by atoms with Gasteiger partial charge in [0.1, 0.15) is 12.7 Å². The van der Waals surface area contributed by atoms with Crippen LogP contribution < -0.4 is 0 Å². The predicted molar refractivity (Wildman–Crippen MR) is 81.9 cm³/mol. The number of rotatable bonds is 5. The second-order valence-electron chi connectivity index (χ2n) is 5.90. The Hall–Kier alpha value is -2.16. The average Bonchev–Trinajstić information content (AvgIpc) is 2.56. The van der Waals surface area contributed by atoms with Gasteiger partial charge in [0.15, 0.2) is 0 Å². The molecule has 1 fully saturated rings. The van der Waals surface area contributed by atoms with Crippen molar-refractivity contribution in [1.82, 2.24) is 0 Å². The average molecular weight is 360 g/mol. The van der Waals surface area contributed by atoms with Crippen LogP contribution in [0.4, 0.5) is 0 Å². The molecule has 0 aliphatic carbocycles. The summed E-state index contributed by atoms with van der Waals surface area (Å²) in [5, 5.41) is 0. The number of hydrogen-bond acceptors (Lipinski definition) is 9. The van der Waals surface area contributed by atoms with E-state index in [1.54, 1.807) is 6.92 Å². The Labute approximate surface area is 145 Å². The molecule has 1 unspecified atom stereocenters. The molecule has 1 rings (SSSR count). The molecule has 0 aromatic heterocycles. The van der Waals surface area contributed by atoms with Gasteiger partial charge in [-0.1, -0.05) is 6.92 Å².